The average Bonchev–Trinajstić information content (AvgIpc) is 2.74. The highest BCUT2D eigenvalue weighted by atomic mass is 16.3. The number of unbranched alkanes of at least 4 members (excludes halogenated alkanes) is 1. The summed E-state index contributed by atoms with van der Waals surface area (Å²) in [6.07, 6.45) is 3.61. The Hall–Kier alpha value is -0.940. The Morgan fingerprint density at radius 3 is 2.29 bits per heavy atom. The topological polar surface area (TPSA) is 52.7 Å². The van der Waals surface area contributed by atoms with E-state index in [0.717, 1.165) is 31.6 Å². The van der Waals surface area contributed by atoms with Gasteiger partial charge in [0.1, 0.15) is 0 Å². The molecule has 0 aromatic heterocycles. The fraction of sp³-hybridized carbons (Fsp3) is 0.647. The fourth-order valence-corrected chi connectivity index (χ4v) is 2.89. The Kier molecular flexibility index (Phi) is 7.16. The highest BCUT2D eigenvalue weighted by molar-refractivity contribution is 5.21. The van der Waals surface area contributed by atoms with Gasteiger partial charge in [0.2, 0.25) is 0 Å². The zero-order chi connectivity index (χ0) is 14.9. The molecule has 0 aliphatic carbocycles. The number of hydrogen-bond acceptors (Lipinski definition) is 4. The molecule has 1 heterocycles. The van der Waals surface area contributed by atoms with E-state index in [1.54, 1.807) is 0 Å². The Morgan fingerprint density at radius 1 is 0.905 bits per heavy atom. The maximum atomic E-state index is 9.08. The maximum Gasteiger partial charge on any atom is 0.0681 e. The lowest BCUT2D eigenvalue weighted by Crippen LogP contribution is -2.31. The van der Waals surface area contributed by atoms with Gasteiger partial charge in [-0.15, -0.1) is 0 Å². The first-order valence-corrected chi connectivity index (χ1v) is 8.15. The zero-order valence-electron chi connectivity index (χ0n) is 13.0. The van der Waals surface area contributed by atoms with Crippen LogP contribution >= 0.6 is 0 Å². The van der Waals surface area contributed by atoms with Crippen molar-refractivity contribution in [3.05, 3.63) is 35.4 Å². The van der Waals surface area contributed by atoms with Crippen molar-refractivity contribution >= 4 is 0 Å². The molecular weight excluding hydrogens is 262 g/mol. The van der Waals surface area contributed by atoms with Crippen LogP contribution in [0.4, 0.5) is 0 Å². The second-order valence-corrected chi connectivity index (χ2v) is 5.94. The van der Waals surface area contributed by atoms with Crippen LogP contribution in [0.15, 0.2) is 24.3 Å². The SMILES string of the molecule is NCCCCN1CCCN(Cc2ccc(CO)cc2)CC1. The number of nitrogens with two attached hydrogens (primary N) is 1. The van der Waals surface area contributed by atoms with Crippen molar-refractivity contribution in [2.24, 2.45) is 5.73 Å². The quantitative estimate of drug-likeness (QED) is 0.746. The van der Waals surface area contributed by atoms with Crippen LogP contribution in [0, 0.1) is 0 Å². The van der Waals surface area contributed by atoms with E-state index in [0.29, 0.717) is 0 Å². The first kappa shape index (κ1) is 16.4. The molecule has 21 heavy (non-hydrogen) atoms. The summed E-state index contributed by atoms with van der Waals surface area (Å²) in [5.41, 5.74) is 7.88. The van der Waals surface area contributed by atoms with Gasteiger partial charge in [0, 0.05) is 19.6 Å². The molecule has 0 bridgehead atoms. The Bertz CT molecular complexity index is 394. The number of nitrogens with zero attached hydrogens (tertiary/aromatic N) is 2. The van der Waals surface area contributed by atoms with E-state index >= 15 is 0 Å². The molecule has 4 nitrogen and oxygen atoms in total. The molecule has 4 heteroatoms. The summed E-state index contributed by atoms with van der Waals surface area (Å²) in [5.74, 6) is 0. The van der Waals surface area contributed by atoms with E-state index in [4.69, 9.17) is 10.8 Å². The molecule has 3 N–H and O–H groups in total. The largest absolute Gasteiger partial charge is 0.392 e. The highest BCUT2D eigenvalue weighted by Crippen LogP contribution is 2.11. The Morgan fingerprint density at radius 2 is 1.57 bits per heavy atom. The Balaban J connectivity index is 1.76. The van der Waals surface area contributed by atoms with Gasteiger partial charge in [-0.2, -0.15) is 0 Å². The predicted octanol–water partition coefficient (Wildman–Crippen LogP) is 1.43. The molecule has 0 spiro atoms. The molecule has 0 amide bonds. The number of aliphatic hydroxyl groups is 1. The molecule has 2 rings (SSSR count). The van der Waals surface area contributed by atoms with Crippen LogP contribution in [0.5, 0.6) is 0 Å². The smallest absolute Gasteiger partial charge is 0.0681 e. The molecule has 1 fully saturated rings. The summed E-state index contributed by atoms with van der Waals surface area (Å²) >= 11 is 0. The monoisotopic (exact) mass is 291 g/mol. The number of benzene rings is 1. The third-order valence-electron chi connectivity index (χ3n) is 4.22. The van der Waals surface area contributed by atoms with Crippen LogP contribution in [-0.2, 0) is 13.2 Å². The van der Waals surface area contributed by atoms with Gasteiger partial charge in [-0.25, -0.2) is 0 Å². The van der Waals surface area contributed by atoms with E-state index in [2.05, 4.69) is 21.9 Å². The molecule has 1 aliphatic rings. The van der Waals surface area contributed by atoms with Crippen molar-refractivity contribution in [2.75, 3.05) is 39.3 Å². The minimum atomic E-state index is 0.127. The van der Waals surface area contributed by atoms with Crippen molar-refractivity contribution in [1.82, 2.24) is 9.80 Å². The minimum Gasteiger partial charge on any atom is -0.392 e. The van der Waals surface area contributed by atoms with Gasteiger partial charge in [0.15, 0.2) is 0 Å². The molecule has 1 aliphatic heterocycles. The van der Waals surface area contributed by atoms with Gasteiger partial charge < -0.3 is 15.7 Å². The number of rotatable bonds is 7. The first-order chi connectivity index (χ1) is 10.3. The first-order valence-electron chi connectivity index (χ1n) is 8.15. The van der Waals surface area contributed by atoms with Crippen LogP contribution in [0.3, 0.4) is 0 Å². The van der Waals surface area contributed by atoms with E-state index in [1.807, 2.05) is 12.1 Å². The van der Waals surface area contributed by atoms with Gasteiger partial charge in [0.25, 0.3) is 0 Å². The summed E-state index contributed by atoms with van der Waals surface area (Å²) in [6, 6.07) is 8.31. The molecule has 0 saturated carbocycles. The van der Waals surface area contributed by atoms with Crippen molar-refractivity contribution in [3.63, 3.8) is 0 Å². The lowest BCUT2D eigenvalue weighted by molar-refractivity contribution is 0.249. The van der Waals surface area contributed by atoms with Crippen LogP contribution in [0.1, 0.15) is 30.4 Å². The molecule has 1 saturated heterocycles. The third-order valence-corrected chi connectivity index (χ3v) is 4.22. The van der Waals surface area contributed by atoms with Crippen molar-refractivity contribution in [2.45, 2.75) is 32.4 Å². The molecule has 0 atom stereocenters. The molecule has 1 aromatic carbocycles. The third kappa shape index (κ3) is 5.75. The van der Waals surface area contributed by atoms with Gasteiger partial charge in [-0.3, -0.25) is 4.90 Å². The molecule has 0 radical (unpaired) electrons. The number of hydrogen-bond donors (Lipinski definition) is 2. The lowest BCUT2D eigenvalue weighted by Gasteiger charge is -2.21. The van der Waals surface area contributed by atoms with Crippen LogP contribution in [0.2, 0.25) is 0 Å². The van der Waals surface area contributed by atoms with E-state index in [-0.39, 0.29) is 6.61 Å². The van der Waals surface area contributed by atoms with E-state index in [1.165, 1.54) is 44.6 Å². The molecule has 118 valence electrons. The molecular formula is C17H29N3O. The normalized spacial score (nSPS) is 17.8. The van der Waals surface area contributed by atoms with Gasteiger partial charge in [0.05, 0.1) is 6.61 Å². The second-order valence-electron chi connectivity index (χ2n) is 5.94. The molecule has 1 aromatic rings. The van der Waals surface area contributed by atoms with Gasteiger partial charge >= 0.3 is 0 Å². The Labute approximate surface area is 128 Å². The summed E-state index contributed by atoms with van der Waals surface area (Å²) in [6.45, 7) is 7.84. The van der Waals surface area contributed by atoms with E-state index in [9.17, 15) is 0 Å². The average molecular weight is 291 g/mol. The predicted molar refractivity (Wildman–Crippen MR) is 87.0 cm³/mol. The molecule has 0 unspecified atom stereocenters. The van der Waals surface area contributed by atoms with Crippen molar-refractivity contribution in [1.29, 1.82) is 0 Å². The maximum absolute atomic E-state index is 9.08. The standard InChI is InChI=1S/C17H29N3O/c18-8-1-2-9-19-10-3-11-20(13-12-19)14-16-4-6-17(15-21)7-5-16/h4-7,21H,1-3,8-15,18H2. The van der Waals surface area contributed by atoms with Crippen molar-refractivity contribution < 1.29 is 5.11 Å². The second kappa shape index (κ2) is 9.15. The van der Waals surface area contributed by atoms with E-state index < -0.39 is 0 Å². The highest BCUT2D eigenvalue weighted by Gasteiger charge is 2.14. The minimum absolute atomic E-state index is 0.127. The van der Waals surface area contributed by atoms with Crippen LogP contribution < -0.4 is 5.73 Å². The summed E-state index contributed by atoms with van der Waals surface area (Å²) in [7, 11) is 0. The lowest BCUT2D eigenvalue weighted by atomic mass is 10.1. The zero-order valence-corrected chi connectivity index (χ0v) is 13.0. The number of aliphatic hydroxyl groups excluding tert-OH is 1. The fourth-order valence-electron chi connectivity index (χ4n) is 2.89. The van der Waals surface area contributed by atoms with Crippen LogP contribution in [-0.4, -0.2) is 54.2 Å². The van der Waals surface area contributed by atoms with Crippen molar-refractivity contribution in [3.8, 4) is 0 Å². The summed E-state index contributed by atoms with van der Waals surface area (Å²) in [4.78, 5) is 5.11. The van der Waals surface area contributed by atoms with Crippen LogP contribution in [0.25, 0.3) is 0 Å². The van der Waals surface area contributed by atoms with Gasteiger partial charge in [-0.1, -0.05) is 24.3 Å². The summed E-state index contributed by atoms with van der Waals surface area (Å²) in [5, 5.41) is 9.08. The summed E-state index contributed by atoms with van der Waals surface area (Å²) < 4.78 is 0. The van der Waals surface area contributed by atoms with Gasteiger partial charge in [-0.05, 0) is 56.6 Å².